The molecule has 2 rings (SSSR count). The highest BCUT2D eigenvalue weighted by Crippen LogP contribution is 2.25. The van der Waals surface area contributed by atoms with E-state index in [1.807, 2.05) is 13.8 Å². The van der Waals surface area contributed by atoms with Crippen LogP contribution in [-0.2, 0) is 10.0 Å². The second kappa shape index (κ2) is 6.11. The van der Waals surface area contributed by atoms with Gasteiger partial charge in [0.2, 0.25) is 0 Å². The molecule has 0 amide bonds. The monoisotopic (exact) mass is 345 g/mol. The summed E-state index contributed by atoms with van der Waals surface area (Å²) in [5.41, 5.74) is 2.31. The lowest BCUT2D eigenvalue weighted by molar-refractivity contribution is -0.274. The second-order valence-corrected chi connectivity index (χ2v) is 6.61. The number of sulfonamides is 1. The number of hydrogen-bond acceptors (Lipinski definition) is 3. The molecule has 23 heavy (non-hydrogen) atoms. The van der Waals surface area contributed by atoms with Crippen molar-refractivity contribution in [1.29, 1.82) is 0 Å². The number of rotatable bonds is 4. The van der Waals surface area contributed by atoms with Gasteiger partial charge in [-0.2, -0.15) is 0 Å². The molecule has 0 aromatic heterocycles. The van der Waals surface area contributed by atoms with Gasteiger partial charge in [0.1, 0.15) is 5.75 Å². The summed E-state index contributed by atoms with van der Waals surface area (Å²) in [4.78, 5) is -0.162. The molecule has 0 saturated carbocycles. The number of halogens is 3. The Morgan fingerprint density at radius 1 is 0.957 bits per heavy atom. The Labute approximate surface area is 132 Å². The highest BCUT2D eigenvalue weighted by Gasteiger charge is 2.31. The molecule has 0 aliphatic carbocycles. The van der Waals surface area contributed by atoms with Gasteiger partial charge < -0.3 is 4.74 Å². The van der Waals surface area contributed by atoms with Gasteiger partial charge in [0.05, 0.1) is 4.90 Å². The zero-order valence-electron chi connectivity index (χ0n) is 12.3. The number of aryl methyl sites for hydroxylation is 2. The van der Waals surface area contributed by atoms with Crippen molar-refractivity contribution in [3.63, 3.8) is 0 Å². The number of hydrogen-bond donors (Lipinski definition) is 1. The molecule has 0 radical (unpaired) electrons. The topological polar surface area (TPSA) is 55.4 Å². The van der Waals surface area contributed by atoms with Crippen LogP contribution in [0, 0.1) is 13.8 Å². The SMILES string of the molecule is Cc1ccc(NS(=O)(=O)c2ccc(OC(F)(F)F)cc2)cc1C. The van der Waals surface area contributed by atoms with Crippen molar-refractivity contribution in [2.75, 3.05) is 4.72 Å². The van der Waals surface area contributed by atoms with E-state index >= 15 is 0 Å². The number of nitrogens with one attached hydrogen (secondary N) is 1. The summed E-state index contributed by atoms with van der Waals surface area (Å²) < 4.78 is 66.8. The van der Waals surface area contributed by atoms with Crippen LogP contribution < -0.4 is 9.46 Å². The van der Waals surface area contributed by atoms with Gasteiger partial charge in [-0.15, -0.1) is 13.2 Å². The molecule has 0 bridgehead atoms. The van der Waals surface area contributed by atoms with E-state index in [1.165, 1.54) is 0 Å². The molecule has 0 spiro atoms. The van der Waals surface area contributed by atoms with E-state index < -0.39 is 22.1 Å². The minimum Gasteiger partial charge on any atom is -0.406 e. The molecule has 124 valence electrons. The fourth-order valence-corrected chi connectivity index (χ4v) is 2.89. The van der Waals surface area contributed by atoms with E-state index in [0.29, 0.717) is 5.69 Å². The normalized spacial score (nSPS) is 12.0. The summed E-state index contributed by atoms with van der Waals surface area (Å²) in [5.74, 6) is -0.484. The fraction of sp³-hybridized carbons (Fsp3) is 0.200. The molecule has 0 heterocycles. The van der Waals surface area contributed by atoms with Crippen molar-refractivity contribution in [2.45, 2.75) is 25.1 Å². The second-order valence-electron chi connectivity index (χ2n) is 4.92. The van der Waals surface area contributed by atoms with Gasteiger partial charge in [-0.1, -0.05) is 6.07 Å². The lowest BCUT2D eigenvalue weighted by Gasteiger charge is -2.11. The van der Waals surface area contributed by atoms with Gasteiger partial charge in [0, 0.05) is 5.69 Å². The number of ether oxygens (including phenoxy) is 1. The highest BCUT2D eigenvalue weighted by atomic mass is 32.2. The van der Waals surface area contributed by atoms with Crippen molar-refractivity contribution >= 4 is 15.7 Å². The average Bonchev–Trinajstić information content (AvgIpc) is 2.41. The number of alkyl halides is 3. The van der Waals surface area contributed by atoms with Crippen LogP contribution in [0.15, 0.2) is 47.4 Å². The van der Waals surface area contributed by atoms with Gasteiger partial charge >= 0.3 is 6.36 Å². The van der Waals surface area contributed by atoms with Crippen molar-refractivity contribution in [3.8, 4) is 5.75 Å². The highest BCUT2D eigenvalue weighted by molar-refractivity contribution is 7.92. The predicted molar refractivity (Wildman–Crippen MR) is 79.8 cm³/mol. The van der Waals surface area contributed by atoms with Crippen LogP contribution in [0.1, 0.15) is 11.1 Å². The molecular weight excluding hydrogens is 331 g/mol. The standard InChI is InChI=1S/C15H14F3NO3S/c1-10-3-4-12(9-11(10)2)19-23(20,21)14-7-5-13(6-8-14)22-15(16,17)18/h3-9,19H,1-2H3. The van der Waals surface area contributed by atoms with Crippen LogP contribution in [0.2, 0.25) is 0 Å². The molecule has 0 aliphatic heterocycles. The summed E-state index contributed by atoms with van der Waals surface area (Å²) >= 11 is 0. The van der Waals surface area contributed by atoms with Crippen LogP contribution in [-0.4, -0.2) is 14.8 Å². The van der Waals surface area contributed by atoms with E-state index in [-0.39, 0.29) is 4.90 Å². The Morgan fingerprint density at radius 3 is 2.09 bits per heavy atom. The van der Waals surface area contributed by atoms with Gasteiger partial charge in [-0.3, -0.25) is 4.72 Å². The van der Waals surface area contributed by atoms with Crippen LogP contribution in [0.4, 0.5) is 18.9 Å². The Bertz CT molecular complexity index is 800. The van der Waals surface area contributed by atoms with Gasteiger partial charge in [0.25, 0.3) is 10.0 Å². The first-order valence-corrected chi connectivity index (χ1v) is 8.01. The molecule has 2 aromatic carbocycles. The van der Waals surface area contributed by atoms with Crippen LogP contribution in [0.3, 0.4) is 0 Å². The third kappa shape index (κ3) is 4.62. The zero-order valence-corrected chi connectivity index (χ0v) is 13.1. The van der Waals surface area contributed by atoms with E-state index in [1.54, 1.807) is 18.2 Å². The Kier molecular flexibility index (Phi) is 4.56. The Morgan fingerprint density at radius 2 is 1.57 bits per heavy atom. The van der Waals surface area contributed by atoms with Crippen molar-refractivity contribution in [1.82, 2.24) is 0 Å². The van der Waals surface area contributed by atoms with E-state index in [4.69, 9.17) is 0 Å². The average molecular weight is 345 g/mol. The number of benzene rings is 2. The Balaban J connectivity index is 2.20. The zero-order chi connectivity index (χ0) is 17.3. The van der Waals surface area contributed by atoms with Gasteiger partial charge in [0.15, 0.2) is 0 Å². The van der Waals surface area contributed by atoms with Crippen molar-refractivity contribution in [3.05, 3.63) is 53.6 Å². The lowest BCUT2D eigenvalue weighted by atomic mass is 10.1. The number of anilines is 1. The van der Waals surface area contributed by atoms with Crippen LogP contribution in [0.5, 0.6) is 5.75 Å². The third-order valence-corrected chi connectivity index (χ3v) is 4.52. The summed E-state index contributed by atoms with van der Waals surface area (Å²) in [5, 5.41) is 0. The van der Waals surface area contributed by atoms with Crippen molar-refractivity contribution < 1.29 is 26.3 Å². The molecule has 0 fully saturated rings. The quantitative estimate of drug-likeness (QED) is 0.911. The molecule has 0 saturated heterocycles. The first-order valence-electron chi connectivity index (χ1n) is 6.53. The smallest absolute Gasteiger partial charge is 0.406 e. The Hall–Kier alpha value is -2.22. The maximum absolute atomic E-state index is 12.2. The van der Waals surface area contributed by atoms with Gasteiger partial charge in [-0.05, 0) is 61.4 Å². The third-order valence-electron chi connectivity index (χ3n) is 3.13. The predicted octanol–water partition coefficient (Wildman–Crippen LogP) is 4.00. The first-order chi connectivity index (χ1) is 10.6. The summed E-state index contributed by atoms with van der Waals surface area (Å²) in [6.07, 6.45) is -4.82. The molecule has 2 aromatic rings. The molecule has 8 heteroatoms. The first kappa shape index (κ1) is 17.1. The molecule has 0 unspecified atom stereocenters. The summed E-state index contributed by atoms with van der Waals surface area (Å²) in [7, 11) is -3.89. The molecule has 0 atom stereocenters. The van der Waals surface area contributed by atoms with E-state index in [2.05, 4.69) is 9.46 Å². The summed E-state index contributed by atoms with van der Waals surface area (Å²) in [6.45, 7) is 3.74. The van der Waals surface area contributed by atoms with Crippen molar-refractivity contribution in [2.24, 2.45) is 0 Å². The fourth-order valence-electron chi connectivity index (χ4n) is 1.84. The van der Waals surface area contributed by atoms with Gasteiger partial charge in [-0.25, -0.2) is 8.42 Å². The maximum Gasteiger partial charge on any atom is 0.573 e. The minimum absolute atomic E-state index is 0.162. The minimum atomic E-state index is -4.82. The molecule has 0 aliphatic rings. The van der Waals surface area contributed by atoms with Crippen LogP contribution >= 0.6 is 0 Å². The maximum atomic E-state index is 12.2. The lowest BCUT2D eigenvalue weighted by Crippen LogP contribution is -2.17. The largest absolute Gasteiger partial charge is 0.573 e. The van der Waals surface area contributed by atoms with E-state index in [0.717, 1.165) is 35.4 Å². The molecular formula is C15H14F3NO3S. The molecule has 1 N–H and O–H groups in total. The summed E-state index contributed by atoms with van der Waals surface area (Å²) in [6, 6.07) is 9.04. The molecule has 4 nitrogen and oxygen atoms in total. The van der Waals surface area contributed by atoms with E-state index in [9.17, 15) is 21.6 Å². The van der Waals surface area contributed by atoms with Crippen LogP contribution in [0.25, 0.3) is 0 Å².